The number of para-hydroxylation sites is 1. The summed E-state index contributed by atoms with van der Waals surface area (Å²) in [5, 5.41) is 15.0. The van der Waals surface area contributed by atoms with Crippen molar-refractivity contribution in [1.82, 2.24) is 0 Å². The summed E-state index contributed by atoms with van der Waals surface area (Å²) in [5.74, 6) is -0.747. The quantitative estimate of drug-likeness (QED) is 0.459. The Morgan fingerprint density at radius 1 is 1.15 bits per heavy atom. The number of benzene rings is 2. The largest absolute Gasteiger partial charge is 0.465 e. The van der Waals surface area contributed by atoms with Crippen molar-refractivity contribution >= 4 is 23.3 Å². The van der Waals surface area contributed by atoms with Crippen molar-refractivity contribution in [1.29, 1.82) is 5.26 Å². The van der Waals surface area contributed by atoms with E-state index in [1.54, 1.807) is 30.3 Å². The SMILES string of the molecule is COC(=O)c1cccc(N/C=C(/C#N)C(=O)Nc2ccccc2C(C)C)c1. The Hall–Kier alpha value is -3.59. The second-order valence-electron chi connectivity index (χ2n) is 6.08. The summed E-state index contributed by atoms with van der Waals surface area (Å²) in [6.07, 6.45) is 1.31. The van der Waals surface area contributed by atoms with Gasteiger partial charge in [-0.1, -0.05) is 38.1 Å². The minimum absolute atomic E-state index is 0.0861. The molecule has 0 unspecified atom stereocenters. The molecule has 0 radical (unpaired) electrons. The molecule has 138 valence electrons. The minimum Gasteiger partial charge on any atom is -0.465 e. The van der Waals surface area contributed by atoms with E-state index in [-0.39, 0.29) is 11.5 Å². The van der Waals surface area contributed by atoms with Gasteiger partial charge in [-0.15, -0.1) is 0 Å². The molecule has 2 rings (SSSR count). The highest BCUT2D eigenvalue weighted by molar-refractivity contribution is 6.07. The highest BCUT2D eigenvalue weighted by atomic mass is 16.5. The molecule has 0 saturated carbocycles. The summed E-state index contributed by atoms with van der Waals surface area (Å²) < 4.78 is 4.67. The minimum atomic E-state index is -0.512. The molecule has 0 aromatic heterocycles. The Morgan fingerprint density at radius 3 is 2.56 bits per heavy atom. The van der Waals surface area contributed by atoms with Crippen LogP contribution < -0.4 is 10.6 Å². The number of ether oxygens (including phenoxy) is 1. The van der Waals surface area contributed by atoms with E-state index in [2.05, 4.69) is 15.4 Å². The summed E-state index contributed by atoms with van der Waals surface area (Å²) >= 11 is 0. The molecular weight excluding hydrogens is 342 g/mol. The molecule has 0 heterocycles. The zero-order valence-corrected chi connectivity index (χ0v) is 15.4. The predicted octanol–water partition coefficient (Wildman–Crippen LogP) is 4.05. The molecule has 0 saturated heterocycles. The zero-order chi connectivity index (χ0) is 19.8. The molecule has 27 heavy (non-hydrogen) atoms. The number of hydrogen-bond donors (Lipinski definition) is 2. The van der Waals surface area contributed by atoms with E-state index in [4.69, 9.17) is 0 Å². The van der Waals surface area contributed by atoms with Crippen molar-refractivity contribution in [3.05, 3.63) is 71.4 Å². The molecule has 0 bridgehead atoms. The summed E-state index contributed by atoms with van der Waals surface area (Å²) in [7, 11) is 1.30. The fourth-order valence-electron chi connectivity index (χ4n) is 2.46. The lowest BCUT2D eigenvalue weighted by Crippen LogP contribution is -2.16. The molecule has 0 aliphatic heterocycles. The maximum absolute atomic E-state index is 12.4. The number of amides is 1. The zero-order valence-electron chi connectivity index (χ0n) is 15.4. The Labute approximate surface area is 158 Å². The van der Waals surface area contributed by atoms with Crippen LogP contribution in [-0.2, 0) is 9.53 Å². The molecule has 2 N–H and O–H groups in total. The summed E-state index contributed by atoms with van der Waals surface area (Å²) in [6, 6.07) is 15.9. The van der Waals surface area contributed by atoms with E-state index in [9.17, 15) is 14.9 Å². The third-order valence-electron chi connectivity index (χ3n) is 3.86. The summed E-state index contributed by atoms with van der Waals surface area (Å²) in [5.41, 5.74) is 2.50. The molecule has 0 atom stereocenters. The molecule has 0 fully saturated rings. The van der Waals surface area contributed by atoms with Gasteiger partial charge >= 0.3 is 5.97 Å². The van der Waals surface area contributed by atoms with E-state index >= 15 is 0 Å². The molecule has 6 heteroatoms. The number of hydrogen-bond acceptors (Lipinski definition) is 5. The van der Waals surface area contributed by atoms with Crippen LogP contribution in [0.1, 0.15) is 35.7 Å². The molecule has 0 aliphatic rings. The van der Waals surface area contributed by atoms with Crippen LogP contribution in [0.15, 0.2) is 60.3 Å². The fourth-order valence-corrected chi connectivity index (χ4v) is 2.46. The standard InChI is InChI=1S/C21H21N3O3/c1-14(2)18-9-4-5-10-19(18)24-20(25)16(12-22)13-23-17-8-6-7-15(11-17)21(26)27-3/h4-11,13-14,23H,1-3H3,(H,24,25)/b16-13-. The van der Waals surface area contributed by atoms with Gasteiger partial charge in [0.05, 0.1) is 12.7 Å². The molecule has 0 spiro atoms. The van der Waals surface area contributed by atoms with E-state index in [0.717, 1.165) is 5.56 Å². The number of esters is 1. The molecule has 6 nitrogen and oxygen atoms in total. The summed E-state index contributed by atoms with van der Waals surface area (Å²) in [4.78, 5) is 24.0. The lowest BCUT2D eigenvalue weighted by atomic mass is 10.0. The summed E-state index contributed by atoms with van der Waals surface area (Å²) in [6.45, 7) is 4.06. The molecule has 2 aromatic rings. The van der Waals surface area contributed by atoms with Crippen LogP contribution in [0.5, 0.6) is 0 Å². The van der Waals surface area contributed by atoms with Gasteiger partial charge in [0.15, 0.2) is 0 Å². The Kier molecular flexibility index (Phi) is 6.73. The van der Waals surface area contributed by atoms with E-state index in [1.165, 1.54) is 13.3 Å². The number of anilines is 2. The fraction of sp³-hybridized carbons (Fsp3) is 0.190. The first-order chi connectivity index (χ1) is 13.0. The number of methoxy groups -OCH3 is 1. The lowest BCUT2D eigenvalue weighted by molar-refractivity contribution is -0.112. The number of nitrogens with zero attached hydrogens (tertiary/aromatic N) is 1. The normalized spacial score (nSPS) is 10.9. The van der Waals surface area contributed by atoms with Gasteiger partial charge in [0.2, 0.25) is 0 Å². The van der Waals surface area contributed by atoms with Crippen LogP contribution in [0.25, 0.3) is 0 Å². The van der Waals surface area contributed by atoms with Gasteiger partial charge in [-0.05, 0) is 35.7 Å². The number of nitriles is 1. The van der Waals surface area contributed by atoms with Gasteiger partial charge in [-0.3, -0.25) is 4.79 Å². The van der Waals surface area contributed by atoms with Crippen LogP contribution >= 0.6 is 0 Å². The van der Waals surface area contributed by atoms with Gasteiger partial charge < -0.3 is 15.4 Å². The topological polar surface area (TPSA) is 91.2 Å². The maximum Gasteiger partial charge on any atom is 0.337 e. The monoisotopic (exact) mass is 363 g/mol. The Morgan fingerprint density at radius 2 is 1.89 bits per heavy atom. The lowest BCUT2D eigenvalue weighted by Gasteiger charge is -2.13. The smallest absolute Gasteiger partial charge is 0.337 e. The van der Waals surface area contributed by atoms with Gasteiger partial charge in [0.25, 0.3) is 5.91 Å². The van der Waals surface area contributed by atoms with Crippen molar-refractivity contribution in [2.75, 3.05) is 17.7 Å². The van der Waals surface area contributed by atoms with E-state index in [1.807, 2.05) is 38.1 Å². The molecule has 0 aliphatic carbocycles. The molecule has 2 aromatic carbocycles. The predicted molar refractivity (Wildman–Crippen MR) is 104 cm³/mol. The Balaban J connectivity index is 2.16. The van der Waals surface area contributed by atoms with Crippen LogP contribution in [0.2, 0.25) is 0 Å². The van der Waals surface area contributed by atoms with Gasteiger partial charge in [0.1, 0.15) is 11.6 Å². The molecular formula is C21H21N3O3. The first-order valence-electron chi connectivity index (χ1n) is 8.41. The van der Waals surface area contributed by atoms with Crippen molar-refractivity contribution < 1.29 is 14.3 Å². The van der Waals surface area contributed by atoms with Crippen molar-refractivity contribution in [3.63, 3.8) is 0 Å². The van der Waals surface area contributed by atoms with Crippen molar-refractivity contribution in [2.24, 2.45) is 0 Å². The van der Waals surface area contributed by atoms with Crippen LogP contribution in [-0.4, -0.2) is 19.0 Å². The third kappa shape index (κ3) is 5.19. The van der Waals surface area contributed by atoms with E-state index < -0.39 is 11.9 Å². The first-order valence-corrected chi connectivity index (χ1v) is 8.41. The average molecular weight is 363 g/mol. The van der Waals surface area contributed by atoms with Crippen LogP contribution in [0.4, 0.5) is 11.4 Å². The van der Waals surface area contributed by atoms with E-state index in [0.29, 0.717) is 16.9 Å². The van der Waals surface area contributed by atoms with Crippen LogP contribution in [0.3, 0.4) is 0 Å². The van der Waals surface area contributed by atoms with Gasteiger partial charge in [-0.2, -0.15) is 5.26 Å². The number of carbonyl (C=O) groups is 2. The van der Waals surface area contributed by atoms with Crippen molar-refractivity contribution in [3.8, 4) is 6.07 Å². The second-order valence-corrected chi connectivity index (χ2v) is 6.08. The maximum atomic E-state index is 12.4. The van der Waals surface area contributed by atoms with Crippen molar-refractivity contribution in [2.45, 2.75) is 19.8 Å². The third-order valence-corrected chi connectivity index (χ3v) is 3.86. The van der Waals surface area contributed by atoms with Gasteiger partial charge in [0, 0.05) is 17.6 Å². The number of rotatable bonds is 6. The van der Waals surface area contributed by atoms with Crippen LogP contribution in [0, 0.1) is 11.3 Å². The highest BCUT2D eigenvalue weighted by Gasteiger charge is 2.13. The average Bonchev–Trinajstić information content (AvgIpc) is 2.68. The molecule has 1 amide bonds. The number of carbonyl (C=O) groups excluding carboxylic acids is 2. The highest BCUT2D eigenvalue weighted by Crippen LogP contribution is 2.24. The number of nitrogens with one attached hydrogen (secondary N) is 2. The first kappa shape index (κ1) is 19.7. The second kappa shape index (κ2) is 9.20. The van der Waals surface area contributed by atoms with Gasteiger partial charge in [-0.25, -0.2) is 4.79 Å². The Bertz CT molecular complexity index is 911.